The molecule has 2 aromatic carbocycles. The summed E-state index contributed by atoms with van der Waals surface area (Å²) in [6, 6.07) is 20.3. The zero-order valence-corrected chi connectivity index (χ0v) is 14.9. The minimum absolute atomic E-state index is 0. The van der Waals surface area contributed by atoms with Crippen molar-refractivity contribution in [3.05, 3.63) is 72.1 Å². The molecule has 5 nitrogen and oxygen atoms in total. The van der Waals surface area contributed by atoms with Crippen LogP contribution in [0.4, 0.5) is 0 Å². The number of benzene rings is 2. The summed E-state index contributed by atoms with van der Waals surface area (Å²) in [4.78, 5) is 6.75. The average molecular weight is 359 g/mol. The Bertz CT molecular complexity index is 733. The molecule has 25 heavy (non-hydrogen) atoms. The minimum Gasteiger partial charge on any atom is -0.334 e. The molecule has 3 aromatic rings. The molecule has 0 aliphatic heterocycles. The van der Waals surface area contributed by atoms with Crippen LogP contribution in [0.1, 0.15) is 11.4 Å². The van der Waals surface area contributed by atoms with Gasteiger partial charge in [-0.2, -0.15) is 4.98 Å². The van der Waals surface area contributed by atoms with Gasteiger partial charge in [-0.05, 0) is 24.1 Å². The molecule has 0 unspecified atom stereocenters. The number of nitrogens with two attached hydrogens (primary N) is 1. The van der Waals surface area contributed by atoms with E-state index in [2.05, 4.69) is 39.3 Å². The number of nitrogens with zero attached hydrogens (tertiary/aromatic N) is 3. The van der Waals surface area contributed by atoms with E-state index in [-0.39, 0.29) is 12.4 Å². The molecule has 0 atom stereocenters. The molecule has 0 aliphatic carbocycles. The second-order valence-electron chi connectivity index (χ2n) is 5.68. The first-order chi connectivity index (χ1) is 11.8. The third kappa shape index (κ3) is 5.67. The van der Waals surface area contributed by atoms with Crippen LogP contribution in [0.15, 0.2) is 65.2 Å². The molecule has 6 heteroatoms. The Hall–Kier alpha value is -2.21. The highest BCUT2D eigenvalue weighted by molar-refractivity contribution is 5.85. The Balaban J connectivity index is 0.00000225. The molecular weight excluding hydrogens is 336 g/mol. The van der Waals surface area contributed by atoms with E-state index < -0.39 is 0 Å². The van der Waals surface area contributed by atoms with Crippen LogP contribution in [0.25, 0.3) is 11.5 Å². The number of hydrogen-bond donors (Lipinski definition) is 1. The third-order valence-corrected chi connectivity index (χ3v) is 3.86. The van der Waals surface area contributed by atoms with Crippen molar-refractivity contribution in [2.75, 3.05) is 19.6 Å². The summed E-state index contributed by atoms with van der Waals surface area (Å²) in [5, 5.41) is 4.10. The zero-order valence-electron chi connectivity index (χ0n) is 14.0. The molecule has 1 heterocycles. The van der Waals surface area contributed by atoms with E-state index in [9.17, 15) is 0 Å². The maximum Gasteiger partial charge on any atom is 0.257 e. The highest BCUT2D eigenvalue weighted by Gasteiger charge is 2.12. The van der Waals surface area contributed by atoms with Gasteiger partial charge in [0.15, 0.2) is 5.82 Å². The van der Waals surface area contributed by atoms with Crippen molar-refractivity contribution in [1.82, 2.24) is 15.0 Å². The second-order valence-corrected chi connectivity index (χ2v) is 5.68. The average Bonchev–Trinajstić information content (AvgIpc) is 3.10. The molecule has 0 fully saturated rings. The third-order valence-electron chi connectivity index (χ3n) is 3.86. The van der Waals surface area contributed by atoms with Gasteiger partial charge in [-0.1, -0.05) is 53.7 Å². The van der Waals surface area contributed by atoms with E-state index in [1.165, 1.54) is 5.56 Å². The van der Waals surface area contributed by atoms with Gasteiger partial charge in [-0.15, -0.1) is 12.4 Å². The van der Waals surface area contributed by atoms with Gasteiger partial charge < -0.3 is 10.3 Å². The van der Waals surface area contributed by atoms with Crippen LogP contribution in [0, 0.1) is 0 Å². The summed E-state index contributed by atoms with van der Waals surface area (Å²) in [5.74, 6) is 1.25. The van der Waals surface area contributed by atoms with Gasteiger partial charge in [-0.25, -0.2) is 0 Å². The Morgan fingerprint density at radius 1 is 0.920 bits per heavy atom. The Morgan fingerprint density at radius 3 is 2.28 bits per heavy atom. The fourth-order valence-electron chi connectivity index (χ4n) is 2.60. The number of aromatic nitrogens is 2. The van der Waals surface area contributed by atoms with E-state index in [0.29, 0.717) is 24.8 Å². The van der Waals surface area contributed by atoms with Crippen LogP contribution in [0.3, 0.4) is 0 Å². The molecule has 0 radical (unpaired) electrons. The van der Waals surface area contributed by atoms with Crippen molar-refractivity contribution < 1.29 is 4.52 Å². The van der Waals surface area contributed by atoms with Crippen LogP contribution in [-0.2, 0) is 13.0 Å². The fourth-order valence-corrected chi connectivity index (χ4v) is 2.60. The lowest BCUT2D eigenvalue weighted by atomic mass is 10.1. The van der Waals surface area contributed by atoms with Gasteiger partial charge in [0.2, 0.25) is 0 Å². The van der Waals surface area contributed by atoms with Crippen LogP contribution in [-0.4, -0.2) is 34.7 Å². The highest BCUT2D eigenvalue weighted by atomic mass is 35.5. The zero-order chi connectivity index (χ0) is 16.6. The lowest BCUT2D eigenvalue weighted by Gasteiger charge is -2.19. The maximum absolute atomic E-state index is 5.74. The van der Waals surface area contributed by atoms with Crippen molar-refractivity contribution >= 4 is 12.4 Å². The van der Waals surface area contributed by atoms with E-state index in [0.717, 1.165) is 25.1 Å². The second kappa shape index (κ2) is 9.93. The molecule has 132 valence electrons. The number of rotatable bonds is 8. The van der Waals surface area contributed by atoms with Gasteiger partial charge in [-0.3, -0.25) is 4.90 Å². The Morgan fingerprint density at radius 2 is 1.60 bits per heavy atom. The predicted molar refractivity (Wildman–Crippen MR) is 101 cm³/mol. The quantitative estimate of drug-likeness (QED) is 0.669. The van der Waals surface area contributed by atoms with Crippen LogP contribution < -0.4 is 5.73 Å². The molecular formula is C19H23ClN4O. The van der Waals surface area contributed by atoms with Crippen LogP contribution >= 0.6 is 12.4 Å². The summed E-state index contributed by atoms with van der Waals surface area (Å²) in [6.07, 6.45) is 0.976. The molecule has 3 rings (SSSR count). The van der Waals surface area contributed by atoms with Gasteiger partial charge in [0.25, 0.3) is 5.89 Å². The van der Waals surface area contributed by atoms with Crippen molar-refractivity contribution in [3.8, 4) is 11.5 Å². The first kappa shape index (κ1) is 19.1. The van der Waals surface area contributed by atoms with E-state index in [1.807, 2.05) is 36.4 Å². The van der Waals surface area contributed by atoms with Crippen molar-refractivity contribution in [3.63, 3.8) is 0 Å². The topological polar surface area (TPSA) is 68.2 Å². The maximum atomic E-state index is 5.74. The van der Waals surface area contributed by atoms with Crippen LogP contribution in [0.2, 0.25) is 0 Å². The molecule has 0 spiro atoms. The van der Waals surface area contributed by atoms with Crippen molar-refractivity contribution in [2.24, 2.45) is 5.73 Å². The lowest BCUT2D eigenvalue weighted by molar-refractivity contribution is 0.264. The van der Waals surface area contributed by atoms with Gasteiger partial charge in [0, 0.05) is 25.2 Å². The van der Waals surface area contributed by atoms with Crippen molar-refractivity contribution in [2.45, 2.75) is 13.0 Å². The fraction of sp³-hybridized carbons (Fsp3) is 0.263. The van der Waals surface area contributed by atoms with Gasteiger partial charge in [0.1, 0.15) is 0 Å². The van der Waals surface area contributed by atoms with Gasteiger partial charge >= 0.3 is 0 Å². The minimum atomic E-state index is 0. The number of hydrogen-bond acceptors (Lipinski definition) is 5. The molecule has 0 aliphatic rings. The summed E-state index contributed by atoms with van der Waals surface area (Å²) in [5.41, 5.74) is 8.00. The summed E-state index contributed by atoms with van der Waals surface area (Å²) in [7, 11) is 0. The smallest absolute Gasteiger partial charge is 0.257 e. The standard InChI is InChI=1S/C19H22N4O.ClH/c20-12-14-23(13-11-16-7-3-1-4-8-16)15-18-21-19(24-22-18)17-9-5-2-6-10-17;/h1-10H,11-15,20H2;1H. The summed E-state index contributed by atoms with van der Waals surface area (Å²) in [6.45, 7) is 2.97. The lowest BCUT2D eigenvalue weighted by Crippen LogP contribution is -2.31. The van der Waals surface area contributed by atoms with E-state index >= 15 is 0 Å². The largest absolute Gasteiger partial charge is 0.334 e. The number of halogens is 1. The highest BCUT2D eigenvalue weighted by Crippen LogP contribution is 2.16. The summed E-state index contributed by atoms with van der Waals surface area (Å²) < 4.78 is 5.37. The van der Waals surface area contributed by atoms with Crippen LogP contribution in [0.5, 0.6) is 0 Å². The Kier molecular flexibility index (Phi) is 7.60. The predicted octanol–water partition coefficient (Wildman–Crippen LogP) is 3.16. The van der Waals surface area contributed by atoms with E-state index in [4.69, 9.17) is 10.3 Å². The van der Waals surface area contributed by atoms with Gasteiger partial charge in [0.05, 0.1) is 6.54 Å². The normalized spacial score (nSPS) is 10.6. The summed E-state index contributed by atoms with van der Waals surface area (Å²) >= 11 is 0. The van der Waals surface area contributed by atoms with E-state index in [1.54, 1.807) is 0 Å². The molecule has 0 bridgehead atoms. The molecule has 2 N–H and O–H groups in total. The first-order valence-corrected chi connectivity index (χ1v) is 8.19. The first-order valence-electron chi connectivity index (χ1n) is 8.19. The molecule has 1 aromatic heterocycles. The monoisotopic (exact) mass is 358 g/mol. The molecule has 0 saturated heterocycles. The van der Waals surface area contributed by atoms with Crippen molar-refractivity contribution in [1.29, 1.82) is 0 Å². The molecule has 0 saturated carbocycles. The SMILES string of the molecule is Cl.NCCN(CCc1ccccc1)Cc1noc(-c2ccccc2)n1. The molecule has 0 amide bonds. The Labute approximate surface area is 154 Å².